The van der Waals surface area contributed by atoms with Crippen LogP contribution in [0.1, 0.15) is 0 Å². The molecule has 0 fully saturated rings. The number of rotatable bonds is 3. The van der Waals surface area contributed by atoms with Crippen molar-refractivity contribution in [3.63, 3.8) is 0 Å². The second-order valence-electron chi connectivity index (χ2n) is 3.68. The van der Waals surface area contributed by atoms with Gasteiger partial charge in [-0.05, 0) is 18.2 Å². The summed E-state index contributed by atoms with van der Waals surface area (Å²) in [7, 11) is 0. The molecule has 1 aromatic carbocycles. The van der Waals surface area contributed by atoms with Gasteiger partial charge in [-0.3, -0.25) is 0 Å². The molecule has 2 aromatic heterocycles. The Labute approximate surface area is 121 Å². The largest absolute Gasteiger partial charge is 0.424 e. The highest BCUT2D eigenvalue weighted by Crippen LogP contribution is 2.22. The van der Waals surface area contributed by atoms with Crippen LogP contribution in [0.25, 0.3) is 5.95 Å². The minimum atomic E-state index is 0.0375. The Kier molecular flexibility index (Phi) is 3.25. The highest BCUT2D eigenvalue weighted by atomic mass is 79.9. The van der Waals surface area contributed by atoms with Crippen molar-refractivity contribution in [3.8, 4) is 17.7 Å². The van der Waals surface area contributed by atoms with E-state index in [4.69, 9.17) is 10.5 Å². The van der Waals surface area contributed by atoms with Gasteiger partial charge in [-0.15, -0.1) is 0 Å². The van der Waals surface area contributed by atoms with Crippen LogP contribution in [0.5, 0.6) is 11.8 Å². The fourth-order valence-electron chi connectivity index (χ4n) is 1.46. The standard InChI is InChI=1S/C11H8BrN7O/c12-7-2-1-3-8(4-7)20-11-17-9(13)16-10(18-11)19-6-14-5-15-19/h1-6H,(H2,13,16,17,18). The number of nitrogen functional groups attached to an aromatic ring is 1. The molecular formula is C11H8BrN7O. The summed E-state index contributed by atoms with van der Waals surface area (Å²) in [6.45, 7) is 0. The molecule has 0 unspecified atom stereocenters. The minimum absolute atomic E-state index is 0.0375. The zero-order valence-electron chi connectivity index (χ0n) is 10.0. The molecule has 0 saturated heterocycles. The van der Waals surface area contributed by atoms with E-state index in [2.05, 4.69) is 41.0 Å². The van der Waals surface area contributed by atoms with Crippen molar-refractivity contribution >= 4 is 21.9 Å². The average molecular weight is 334 g/mol. The van der Waals surface area contributed by atoms with Crippen molar-refractivity contribution in [1.82, 2.24) is 29.7 Å². The zero-order valence-corrected chi connectivity index (χ0v) is 11.6. The summed E-state index contributed by atoms with van der Waals surface area (Å²) in [5.74, 6) is 0.852. The van der Waals surface area contributed by atoms with E-state index in [1.807, 2.05) is 12.1 Å². The summed E-state index contributed by atoms with van der Waals surface area (Å²) >= 11 is 3.36. The molecule has 20 heavy (non-hydrogen) atoms. The number of benzene rings is 1. The first-order valence-electron chi connectivity index (χ1n) is 5.51. The predicted octanol–water partition coefficient (Wildman–Crippen LogP) is 1.59. The molecule has 0 aliphatic rings. The molecule has 8 nitrogen and oxygen atoms in total. The molecule has 100 valence electrons. The number of hydrogen-bond donors (Lipinski definition) is 1. The number of halogens is 1. The monoisotopic (exact) mass is 333 g/mol. The van der Waals surface area contributed by atoms with Gasteiger partial charge in [0.05, 0.1) is 0 Å². The summed E-state index contributed by atoms with van der Waals surface area (Å²) in [5, 5.41) is 3.92. The summed E-state index contributed by atoms with van der Waals surface area (Å²) in [4.78, 5) is 15.8. The molecule has 3 rings (SSSR count). The van der Waals surface area contributed by atoms with Gasteiger partial charge in [0.1, 0.15) is 18.4 Å². The lowest BCUT2D eigenvalue weighted by Crippen LogP contribution is -2.07. The van der Waals surface area contributed by atoms with Crippen LogP contribution in [-0.4, -0.2) is 29.7 Å². The van der Waals surface area contributed by atoms with Crippen molar-refractivity contribution < 1.29 is 4.74 Å². The zero-order chi connectivity index (χ0) is 13.9. The molecule has 0 atom stereocenters. The van der Waals surface area contributed by atoms with Crippen molar-refractivity contribution in [3.05, 3.63) is 41.4 Å². The van der Waals surface area contributed by atoms with E-state index in [1.54, 1.807) is 12.1 Å². The number of hydrogen-bond acceptors (Lipinski definition) is 7. The first kappa shape index (κ1) is 12.5. The lowest BCUT2D eigenvalue weighted by Gasteiger charge is -2.06. The van der Waals surface area contributed by atoms with E-state index >= 15 is 0 Å². The van der Waals surface area contributed by atoms with Crippen LogP contribution in [0.2, 0.25) is 0 Å². The summed E-state index contributed by atoms with van der Waals surface area (Å²) < 4.78 is 7.79. The van der Waals surface area contributed by atoms with Crippen molar-refractivity contribution in [2.45, 2.75) is 0 Å². The molecule has 0 aliphatic carbocycles. The molecule has 0 saturated carbocycles. The van der Waals surface area contributed by atoms with Crippen molar-refractivity contribution in [2.24, 2.45) is 0 Å². The molecular weight excluding hydrogens is 326 g/mol. The molecule has 9 heteroatoms. The van der Waals surface area contributed by atoms with Gasteiger partial charge in [-0.2, -0.15) is 24.7 Å². The minimum Gasteiger partial charge on any atom is -0.424 e. The van der Waals surface area contributed by atoms with Gasteiger partial charge in [0, 0.05) is 4.47 Å². The fourth-order valence-corrected chi connectivity index (χ4v) is 1.83. The van der Waals surface area contributed by atoms with E-state index in [9.17, 15) is 0 Å². The number of ether oxygens (including phenoxy) is 1. The SMILES string of the molecule is Nc1nc(Oc2cccc(Br)c2)nc(-n2cncn2)n1. The molecule has 2 heterocycles. The van der Waals surface area contributed by atoms with Crippen LogP contribution in [0, 0.1) is 0 Å². The molecule has 2 N–H and O–H groups in total. The van der Waals surface area contributed by atoms with Crippen LogP contribution in [-0.2, 0) is 0 Å². The Balaban J connectivity index is 1.94. The highest BCUT2D eigenvalue weighted by molar-refractivity contribution is 9.10. The third kappa shape index (κ3) is 2.72. The van der Waals surface area contributed by atoms with Crippen molar-refractivity contribution in [2.75, 3.05) is 5.73 Å². The Morgan fingerprint density at radius 2 is 2.10 bits per heavy atom. The van der Waals surface area contributed by atoms with Gasteiger partial charge < -0.3 is 10.5 Å². The van der Waals surface area contributed by atoms with E-state index in [1.165, 1.54) is 17.3 Å². The molecule has 0 amide bonds. The summed E-state index contributed by atoms with van der Waals surface area (Å²) in [6, 6.07) is 7.37. The molecule has 3 aromatic rings. The Bertz CT molecular complexity index is 731. The third-order valence-electron chi connectivity index (χ3n) is 2.25. The quantitative estimate of drug-likeness (QED) is 0.775. The molecule has 0 bridgehead atoms. The smallest absolute Gasteiger partial charge is 0.328 e. The van der Waals surface area contributed by atoms with Crippen LogP contribution < -0.4 is 10.5 Å². The summed E-state index contributed by atoms with van der Waals surface area (Å²) in [6.07, 6.45) is 2.83. The third-order valence-corrected chi connectivity index (χ3v) is 2.74. The summed E-state index contributed by atoms with van der Waals surface area (Å²) in [5.41, 5.74) is 5.64. The molecule has 0 aliphatic heterocycles. The number of nitrogens with two attached hydrogens (primary N) is 1. The number of anilines is 1. The predicted molar refractivity (Wildman–Crippen MR) is 73.4 cm³/mol. The van der Waals surface area contributed by atoms with Gasteiger partial charge in [-0.1, -0.05) is 22.0 Å². The van der Waals surface area contributed by atoms with Crippen LogP contribution in [0.3, 0.4) is 0 Å². The topological polar surface area (TPSA) is 105 Å². The van der Waals surface area contributed by atoms with E-state index in [-0.39, 0.29) is 17.9 Å². The number of aromatic nitrogens is 6. The second-order valence-corrected chi connectivity index (χ2v) is 4.59. The Morgan fingerprint density at radius 3 is 2.85 bits per heavy atom. The van der Waals surface area contributed by atoms with Gasteiger partial charge in [0.15, 0.2) is 0 Å². The van der Waals surface area contributed by atoms with E-state index < -0.39 is 0 Å². The van der Waals surface area contributed by atoms with Gasteiger partial charge in [0.25, 0.3) is 5.95 Å². The maximum Gasteiger partial charge on any atom is 0.328 e. The van der Waals surface area contributed by atoms with Crippen LogP contribution in [0.4, 0.5) is 5.95 Å². The lowest BCUT2D eigenvalue weighted by molar-refractivity contribution is 0.438. The van der Waals surface area contributed by atoms with Crippen molar-refractivity contribution in [1.29, 1.82) is 0 Å². The van der Waals surface area contributed by atoms with Crippen LogP contribution >= 0.6 is 15.9 Å². The normalized spacial score (nSPS) is 10.4. The second kappa shape index (κ2) is 5.21. The van der Waals surface area contributed by atoms with Gasteiger partial charge in [-0.25, -0.2) is 4.98 Å². The molecule has 0 spiro atoms. The number of nitrogens with zero attached hydrogens (tertiary/aromatic N) is 6. The van der Waals surface area contributed by atoms with E-state index in [0.717, 1.165) is 4.47 Å². The van der Waals surface area contributed by atoms with Gasteiger partial charge >= 0.3 is 6.01 Å². The van der Waals surface area contributed by atoms with E-state index in [0.29, 0.717) is 5.75 Å². The van der Waals surface area contributed by atoms with Crippen LogP contribution in [0.15, 0.2) is 41.4 Å². The average Bonchev–Trinajstić information content (AvgIpc) is 2.91. The Hall–Kier alpha value is -2.55. The highest BCUT2D eigenvalue weighted by Gasteiger charge is 2.09. The molecule has 0 radical (unpaired) electrons. The maximum absolute atomic E-state index is 5.64. The first-order valence-corrected chi connectivity index (χ1v) is 6.30. The first-order chi connectivity index (χ1) is 9.70. The Morgan fingerprint density at radius 1 is 1.20 bits per heavy atom. The van der Waals surface area contributed by atoms with Gasteiger partial charge in [0.2, 0.25) is 5.95 Å². The lowest BCUT2D eigenvalue weighted by atomic mass is 10.3. The fraction of sp³-hybridized carbons (Fsp3) is 0. The maximum atomic E-state index is 5.64.